The molecule has 0 bridgehead atoms. The molecule has 0 N–H and O–H groups in total. The highest BCUT2D eigenvalue weighted by atomic mass is 19.1. The summed E-state index contributed by atoms with van der Waals surface area (Å²) in [7, 11) is 0. The number of hydrogen-bond acceptors (Lipinski definition) is 3. The van der Waals surface area contributed by atoms with Gasteiger partial charge in [0.25, 0.3) is 0 Å². The minimum atomic E-state index is -0.133. The predicted octanol–water partition coefficient (Wildman–Crippen LogP) is 3.04. The Morgan fingerprint density at radius 2 is 1.92 bits per heavy atom. The number of rotatable bonds is 4. The molecule has 4 rings (SSSR count). The number of hydrogen-bond donors (Lipinski definition) is 0. The van der Waals surface area contributed by atoms with Crippen molar-refractivity contribution in [1.82, 2.24) is 9.80 Å². The molecule has 0 spiro atoms. The smallest absolute Gasteiger partial charge is 0.123 e. The summed E-state index contributed by atoms with van der Waals surface area (Å²) in [6.45, 7) is 7.44. The van der Waals surface area contributed by atoms with Crippen molar-refractivity contribution >= 4 is 0 Å². The standard InChI is InChI=1S/C20H29FN2O/c21-18-5-3-4-17(14-18)20(8-13-24-16-20)15-22-11-6-19(7-12-22)23-9-1-2-10-23/h3-5,14,19H,1-2,6-13,15-16H2/t20-/m0/s1. The van der Waals surface area contributed by atoms with Crippen LogP contribution in [0.2, 0.25) is 0 Å². The first-order valence-electron chi connectivity index (χ1n) is 9.55. The summed E-state index contributed by atoms with van der Waals surface area (Å²) in [5.74, 6) is -0.133. The SMILES string of the molecule is Fc1cccc([C@]2(CN3CCC(N4CCCC4)CC3)CCOC2)c1. The highest BCUT2D eigenvalue weighted by Crippen LogP contribution is 2.35. The number of likely N-dealkylation sites (tertiary alicyclic amines) is 2. The van der Waals surface area contributed by atoms with E-state index in [9.17, 15) is 4.39 Å². The van der Waals surface area contributed by atoms with E-state index in [1.165, 1.54) is 44.8 Å². The average molecular weight is 332 g/mol. The maximum absolute atomic E-state index is 13.7. The number of ether oxygens (including phenoxy) is 1. The van der Waals surface area contributed by atoms with Gasteiger partial charge in [-0.15, -0.1) is 0 Å². The fourth-order valence-electron chi connectivity index (χ4n) is 4.85. The Morgan fingerprint density at radius 3 is 2.58 bits per heavy atom. The maximum Gasteiger partial charge on any atom is 0.123 e. The van der Waals surface area contributed by atoms with E-state index in [1.54, 1.807) is 6.07 Å². The van der Waals surface area contributed by atoms with E-state index in [4.69, 9.17) is 4.74 Å². The molecule has 3 aliphatic heterocycles. The second kappa shape index (κ2) is 7.11. The molecule has 1 aromatic carbocycles. The minimum absolute atomic E-state index is 0.0252. The summed E-state index contributed by atoms with van der Waals surface area (Å²) in [6.07, 6.45) is 6.31. The summed E-state index contributed by atoms with van der Waals surface area (Å²) in [5, 5.41) is 0. The molecule has 4 heteroatoms. The molecule has 0 unspecified atom stereocenters. The lowest BCUT2D eigenvalue weighted by molar-refractivity contribution is 0.0989. The molecule has 3 nitrogen and oxygen atoms in total. The molecule has 0 aromatic heterocycles. The van der Waals surface area contributed by atoms with E-state index >= 15 is 0 Å². The molecule has 0 radical (unpaired) electrons. The van der Waals surface area contributed by atoms with E-state index in [0.29, 0.717) is 0 Å². The molecule has 3 aliphatic rings. The minimum Gasteiger partial charge on any atom is -0.380 e. The summed E-state index contributed by atoms with van der Waals surface area (Å²) in [4.78, 5) is 5.28. The van der Waals surface area contributed by atoms with Crippen molar-refractivity contribution in [2.75, 3.05) is 45.9 Å². The summed E-state index contributed by atoms with van der Waals surface area (Å²) in [6, 6.07) is 7.95. The second-order valence-corrected chi connectivity index (χ2v) is 7.84. The van der Waals surface area contributed by atoms with Gasteiger partial charge in [0.1, 0.15) is 5.82 Å². The van der Waals surface area contributed by atoms with Crippen LogP contribution in [0.4, 0.5) is 4.39 Å². The molecule has 0 aliphatic carbocycles. The molecule has 3 saturated heterocycles. The van der Waals surface area contributed by atoms with Crippen LogP contribution in [0.15, 0.2) is 24.3 Å². The van der Waals surface area contributed by atoms with Crippen LogP contribution in [0.25, 0.3) is 0 Å². The van der Waals surface area contributed by atoms with Crippen LogP contribution in [-0.2, 0) is 10.2 Å². The van der Waals surface area contributed by atoms with Crippen LogP contribution < -0.4 is 0 Å². The van der Waals surface area contributed by atoms with Gasteiger partial charge >= 0.3 is 0 Å². The molecular weight excluding hydrogens is 303 g/mol. The second-order valence-electron chi connectivity index (χ2n) is 7.84. The lowest BCUT2D eigenvalue weighted by atomic mass is 9.79. The third kappa shape index (κ3) is 3.37. The van der Waals surface area contributed by atoms with Crippen molar-refractivity contribution in [1.29, 1.82) is 0 Å². The highest BCUT2D eigenvalue weighted by Gasteiger charge is 2.39. The van der Waals surface area contributed by atoms with Crippen LogP contribution in [0.5, 0.6) is 0 Å². The van der Waals surface area contributed by atoms with E-state index in [0.717, 1.165) is 50.9 Å². The third-order valence-electron chi connectivity index (χ3n) is 6.28. The first-order chi connectivity index (χ1) is 11.8. The monoisotopic (exact) mass is 332 g/mol. The van der Waals surface area contributed by atoms with Crippen molar-refractivity contribution in [3.05, 3.63) is 35.6 Å². The lowest BCUT2D eigenvalue weighted by Gasteiger charge is -2.40. The van der Waals surface area contributed by atoms with E-state index < -0.39 is 0 Å². The zero-order valence-corrected chi connectivity index (χ0v) is 14.6. The summed E-state index contributed by atoms with van der Waals surface area (Å²) in [5.41, 5.74) is 1.09. The Morgan fingerprint density at radius 1 is 1.12 bits per heavy atom. The van der Waals surface area contributed by atoms with Gasteiger partial charge in [0, 0.05) is 24.6 Å². The van der Waals surface area contributed by atoms with Gasteiger partial charge in [-0.3, -0.25) is 0 Å². The Kier molecular flexibility index (Phi) is 4.88. The van der Waals surface area contributed by atoms with Gasteiger partial charge in [-0.2, -0.15) is 0 Å². The fourth-order valence-corrected chi connectivity index (χ4v) is 4.85. The van der Waals surface area contributed by atoms with Crippen molar-refractivity contribution < 1.29 is 9.13 Å². The van der Waals surface area contributed by atoms with Crippen molar-refractivity contribution in [3.63, 3.8) is 0 Å². The Labute approximate surface area is 144 Å². The summed E-state index contributed by atoms with van der Waals surface area (Å²) >= 11 is 0. The maximum atomic E-state index is 13.7. The predicted molar refractivity (Wildman–Crippen MR) is 93.8 cm³/mol. The van der Waals surface area contributed by atoms with Gasteiger partial charge < -0.3 is 14.5 Å². The van der Waals surface area contributed by atoms with E-state index in [2.05, 4.69) is 15.9 Å². The van der Waals surface area contributed by atoms with Gasteiger partial charge in [0.2, 0.25) is 0 Å². The number of piperidine rings is 1. The van der Waals surface area contributed by atoms with Crippen LogP contribution in [0, 0.1) is 5.82 Å². The first kappa shape index (κ1) is 16.5. The van der Waals surface area contributed by atoms with E-state index in [-0.39, 0.29) is 11.2 Å². The van der Waals surface area contributed by atoms with Crippen LogP contribution in [-0.4, -0.2) is 61.8 Å². The number of halogens is 1. The molecular formula is C20H29FN2O. The molecule has 24 heavy (non-hydrogen) atoms. The zero-order chi connectivity index (χ0) is 16.4. The fraction of sp³-hybridized carbons (Fsp3) is 0.700. The molecule has 0 amide bonds. The highest BCUT2D eigenvalue weighted by molar-refractivity contribution is 5.28. The topological polar surface area (TPSA) is 15.7 Å². The van der Waals surface area contributed by atoms with Crippen LogP contribution in [0.3, 0.4) is 0 Å². The molecule has 132 valence electrons. The average Bonchev–Trinajstić information content (AvgIpc) is 3.28. The van der Waals surface area contributed by atoms with E-state index in [1.807, 2.05) is 6.07 Å². The molecule has 3 fully saturated rings. The lowest BCUT2D eigenvalue weighted by Crippen LogP contribution is -2.48. The zero-order valence-electron chi connectivity index (χ0n) is 14.6. The van der Waals surface area contributed by atoms with Gasteiger partial charge in [0.15, 0.2) is 0 Å². The third-order valence-corrected chi connectivity index (χ3v) is 6.28. The normalized spacial score (nSPS) is 30.2. The molecule has 0 saturated carbocycles. The number of nitrogens with zero attached hydrogens (tertiary/aromatic N) is 2. The summed E-state index contributed by atoms with van der Waals surface area (Å²) < 4.78 is 19.5. The Hall–Kier alpha value is -0.970. The first-order valence-corrected chi connectivity index (χ1v) is 9.55. The molecule has 1 atom stereocenters. The molecule has 3 heterocycles. The van der Waals surface area contributed by atoms with Crippen LogP contribution in [0.1, 0.15) is 37.7 Å². The largest absolute Gasteiger partial charge is 0.380 e. The Bertz CT molecular complexity index is 544. The van der Waals surface area contributed by atoms with Gasteiger partial charge in [0.05, 0.1) is 6.61 Å². The van der Waals surface area contributed by atoms with Crippen molar-refractivity contribution in [2.45, 2.75) is 43.6 Å². The van der Waals surface area contributed by atoms with Crippen molar-refractivity contribution in [3.8, 4) is 0 Å². The van der Waals surface area contributed by atoms with Crippen LogP contribution >= 0.6 is 0 Å². The Balaban J connectivity index is 1.41. The quantitative estimate of drug-likeness (QED) is 0.843. The van der Waals surface area contributed by atoms with Crippen molar-refractivity contribution in [2.24, 2.45) is 0 Å². The molecule has 1 aromatic rings. The van der Waals surface area contributed by atoms with Gasteiger partial charge in [-0.1, -0.05) is 12.1 Å². The van der Waals surface area contributed by atoms with Gasteiger partial charge in [-0.25, -0.2) is 4.39 Å². The number of benzene rings is 1. The van der Waals surface area contributed by atoms with Gasteiger partial charge in [-0.05, 0) is 76.0 Å².